The number of aromatic nitrogens is 2. The van der Waals surface area contributed by atoms with Crippen molar-refractivity contribution in [2.75, 3.05) is 0 Å². The first-order valence-corrected chi connectivity index (χ1v) is 7.82. The lowest BCUT2D eigenvalue weighted by Gasteiger charge is -2.26. The van der Waals surface area contributed by atoms with Gasteiger partial charge < -0.3 is 4.57 Å². The Balaban J connectivity index is 2.40. The third kappa shape index (κ3) is 2.88. The van der Waals surface area contributed by atoms with E-state index in [1.165, 1.54) is 12.1 Å². The molecule has 0 amide bonds. The van der Waals surface area contributed by atoms with Gasteiger partial charge in [0.05, 0.1) is 11.3 Å². The molecular weight excluding hydrogens is 337 g/mol. The maximum absolute atomic E-state index is 13.4. The molecule has 2 aromatic heterocycles. The van der Waals surface area contributed by atoms with Crippen molar-refractivity contribution in [3.63, 3.8) is 0 Å². The van der Waals surface area contributed by atoms with E-state index >= 15 is 0 Å². The average Bonchev–Trinajstić information content (AvgIpc) is 2.84. The summed E-state index contributed by atoms with van der Waals surface area (Å²) in [6, 6.07) is 10.7. The Hall–Kier alpha value is -2.01. The van der Waals surface area contributed by atoms with Crippen molar-refractivity contribution in [2.24, 2.45) is 0 Å². The standard InChI is InChI=1S/C18H16ClF3N2/c1-17(2,3)24-14(10-11-8-9-15(19)23-16(11)24)12-6-4-5-7-13(12)18(20,21)22/h4-10H,1-3H3. The SMILES string of the molecule is CC(C)(C)n1c(-c2ccccc2C(F)(F)F)cc2ccc(Cl)nc21. The summed E-state index contributed by atoms with van der Waals surface area (Å²) in [6.45, 7) is 5.78. The van der Waals surface area contributed by atoms with Gasteiger partial charge in [-0.1, -0.05) is 29.8 Å². The molecule has 0 aliphatic carbocycles. The van der Waals surface area contributed by atoms with Gasteiger partial charge in [0, 0.05) is 16.5 Å². The Kier molecular flexibility index (Phi) is 3.87. The van der Waals surface area contributed by atoms with E-state index in [9.17, 15) is 13.2 Å². The molecule has 2 nitrogen and oxygen atoms in total. The summed E-state index contributed by atoms with van der Waals surface area (Å²) in [6.07, 6.45) is -4.43. The summed E-state index contributed by atoms with van der Waals surface area (Å²) in [5.41, 5.74) is 0.0497. The van der Waals surface area contributed by atoms with Crippen molar-refractivity contribution in [1.29, 1.82) is 0 Å². The van der Waals surface area contributed by atoms with Crippen molar-refractivity contribution < 1.29 is 13.2 Å². The van der Waals surface area contributed by atoms with Crippen LogP contribution in [0.1, 0.15) is 26.3 Å². The Morgan fingerprint density at radius 2 is 1.67 bits per heavy atom. The number of halogens is 4. The smallest absolute Gasteiger partial charge is 0.320 e. The van der Waals surface area contributed by atoms with Crippen molar-refractivity contribution in [3.05, 3.63) is 53.2 Å². The third-order valence-electron chi connectivity index (χ3n) is 3.80. The van der Waals surface area contributed by atoms with Gasteiger partial charge in [0.2, 0.25) is 0 Å². The monoisotopic (exact) mass is 352 g/mol. The van der Waals surface area contributed by atoms with Crippen LogP contribution in [0.25, 0.3) is 22.3 Å². The summed E-state index contributed by atoms with van der Waals surface area (Å²) in [5, 5.41) is 1.06. The fourth-order valence-corrected chi connectivity index (χ4v) is 3.03. The molecule has 0 saturated carbocycles. The van der Waals surface area contributed by atoms with Gasteiger partial charge in [-0.3, -0.25) is 0 Å². The van der Waals surface area contributed by atoms with Crippen molar-refractivity contribution in [1.82, 2.24) is 9.55 Å². The van der Waals surface area contributed by atoms with E-state index in [-0.39, 0.29) is 5.56 Å². The summed E-state index contributed by atoms with van der Waals surface area (Å²) < 4.78 is 42.1. The summed E-state index contributed by atoms with van der Waals surface area (Å²) in [4.78, 5) is 4.33. The Morgan fingerprint density at radius 1 is 1.00 bits per heavy atom. The van der Waals surface area contributed by atoms with Gasteiger partial charge >= 0.3 is 6.18 Å². The quantitative estimate of drug-likeness (QED) is 0.482. The number of hydrogen-bond acceptors (Lipinski definition) is 1. The highest BCUT2D eigenvalue weighted by Crippen LogP contribution is 2.40. The molecule has 0 saturated heterocycles. The maximum atomic E-state index is 13.4. The van der Waals surface area contributed by atoms with Gasteiger partial charge in [-0.05, 0) is 45.0 Å². The van der Waals surface area contributed by atoms with E-state index in [0.29, 0.717) is 16.5 Å². The van der Waals surface area contributed by atoms with E-state index in [4.69, 9.17) is 11.6 Å². The van der Waals surface area contributed by atoms with Crippen LogP contribution in [0.4, 0.5) is 13.2 Å². The average molecular weight is 353 g/mol. The van der Waals surface area contributed by atoms with Crippen molar-refractivity contribution in [2.45, 2.75) is 32.5 Å². The lowest BCUT2D eigenvalue weighted by Crippen LogP contribution is -2.23. The molecule has 0 N–H and O–H groups in total. The predicted molar refractivity (Wildman–Crippen MR) is 90.2 cm³/mol. The normalized spacial score (nSPS) is 12.8. The van der Waals surface area contributed by atoms with E-state index in [1.54, 1.807) is 28.8 Å². The predicted octanol–water partition coefficient (Wildman–Crippen LogP) is 6.13. The highest BCUT2D eigenvalue weighted by molar-refractivity contribution is 6.29. The molecule has 3 rings (SSSR count). The van der Waals surface area contributed by atoms with Crippen LogP contribution < -0.4 is 0 Å². The molecule has 24 heavy (non-hydrogen) atoms. The lowest BCUT2D eigenvalue weighted by molar-refractivity contribution is -0.137. The largest absolute Gasteiger partial charge is 0.417 e. The number of rotatable bonds is 1. The van der Waals surface area contributed by atoms with Crippen LogP contribution >= 0.6 is 11.6 Å². The minimum atomic E-state index is -4.43. The molecule has 1 aromatic carbocycles. The van der Waals surface area contributed by atoms with Gasteiger partial charge in [0.25, 0.3) is 0 Å². The first kappa shape index (κ1) is 16.8. The van der Waals surface area contributed by atoms with Crippen molar-refractivity contribution >= 4 is 22.6 Å². The molecule has 2 heterocycles. The number of pyridine rings is 1. The first-order valence-electron chi connectivity index (χ1n) is 7.44. The molecule has 126 valence electrons. The third-order valence-corrected chi connectivity index (χ3v) is 4.01. The number of benzene rings is 1. The van der Waals surface area contributed by atoms with Crippen LogP contribution in [0.5, 0.6) is 0 Å². The van der Waals surface area contributed by atoms with Gasteiger partial charge in [-0.2, -0.15) is 13.2 Å². The summed E-state index contributed by atoms with van der Waals surface area (Å²) in [7, 11) is 0. The van der Waals surface area contributed by atoms with E-state index in [2.05, 4.69) is 4.98 Å². The molecule has 6 heteroatoms. The van der Waals surface area contributed by atoms with Crippen molar-refractivity contribution in [3.8, 4) is 11.3 Å². The van der Waals surface area contributed by atoms with Gasteiger partial charge in [0.1, 0.15) is 10.8 Å². The molecule has 0 spiro atoms. The molecular formula is C18H16ClF3N2. The molecule has 0 atom stereocenters. The molecule has 0 radical (unpaired) electrons. The molecule has 0 bridgehead atoms. The number of fused-ring (bicyclic) bond motifs is 1. The Morgan fingerprint density at radius 3 is 2.29 bits per heavy atom. The molecule has 0 fully saturated rings. The minimum Gasteiger partial charge on any atom is -0.320 e. The van der Waals surface area contributed by atoms with Gasteiger partial charge in [0.15, 0.2) is 0 Å². The number of alkyl halides is 3. The Bertz CT molecular complexity index is 905. The fraction of sp³-hybridized carbons (Fsp3) is 0.278. The van der Waals surface area contributed by atoms with E-state index in [0.717, 1.165) is 11.5 Å². The van der Waals surface area contributed by atoms with Crippen LogP contribution in [0.2, 0.25) is 5.15 Å². The van der Waals surface area contributed by atoms with Gasteiger partial charge in [-0.15, -0.1) is 0 Å². The van der Waals surface area contributed by atoms with E-state index in [1.807, 2.05) is 20.8 Å². The van der Waals surface area contributed by atoms with Crippen LogP contribution in [-0.4, -0.2) is 9.55 Å². The Labute approximate surface area is 142 Å². The summed E-state index contributed by atoms with van der Waals surface area (Å²) in [5.74, 6) is 0. The highest BCUT2D eigenvalue weighted by Gasteiger charge is 2.35. The minimum absolute atomic E-state index is 0.133. The second-order valence-electron chi connectivity index (χ2n) is 6.63. The zero-order chi connectivity index (χ0) is 17.7. The van der Waals surface area contributed by atoms with Crippen LogP contribution in [0.3, 0.4) is 0 Å². The molecule has 0 aliphatic rings. The number of nitrogens with zero attached hydrogens (tertiary/aromatic N) is 2. The zero-order valence-electron chi connectivity index (χ0n) is 13.4. The molecule has 0 unspecified atom stereocenters. The van der Waals surface area contributed by atoms with Gasteiger partial charge in [-0.25, -0.2) is 4.98 Å². The molecule has 3 aromatic rings. The molecule has 0 aliphatic heterocycles. The fourth-order valence-electron chi connectivity index (χ4n) is 2.88. The second-order valence-corrected chi connectivity index (χ2v) is 7.01. The first-order chi connectivity index (χ1) is 11.1. The second kappa shape index (κ2) is 5.52. The maximum Gasteiger partial charge on any atom is 0.417 e. The van der Waals surface area contributed by atoms with Crippen LogP contribution in [0, 0.1) is 0 Å². The lowest BCUT2D eigenvalue weighted by atomic mass is 10.0. The zero-order valence-corrected chi connectivity index (χ0v) is 14.2. The van der Waals surface area contributed by atoms with Crippen LogP contribution in [0.15, 0.2) is 42.5 Å². The topological polar surface area (TPSA) is 17.8 Å². The summed E-state index contributed by atoms with van der Waals surface area (Å²) >= 11 is 6.00. The van der Waals surface area contributed by atoms with Crippen LogP contribution in [-0.2, 0) is 11.7 Å². The highest BCUT2D eigenvalue weighted by atomic mass is 35.5. The number of hydrogen-bond donors (Lipinski definition) is 0. The van der Waals surface area contributed by atoms with E-state index < -0.39 is 17.3 Å².